The van der Waals surface area contributed by atoms with Crippen molar-refractivity contribution in [3.8, 4) is 0 Å². The maximum atomic E-state index is 11.1. The molecule has 0 aliphatic carbocycles. The number of benzene rings is 1. The van der Waals surface area contributed by atoms with Crippen LogP contribution in [-0.4, -0.2) is 35.2 Å². The molecule has 0 saturated heterocycles. The first-order chi connectivity index (χ1) is 9.72. The van der Waals surface area contributed by atoms with E-state index in [-0.39, 0.29) is 6.42 Å². The largest absolute Gasteiger partial charge is 0.481 e. The van der Waals surface area contributed by atoms with Crippen LogP contribution >= 0.6 is 0 Å². The predicted octanol–water partition coefficient (Wildman–Crippen LogP) is 2.61. The van der Waals surface area contributed by atoms with Crippen molar-refractivity contribution in [2.75, 3.05) is 18.0 Å². The molecule has 5 heteroatoms. The molecule has 2 N–H and O–H groups in total. The zero-order valence-electron chi connectivity index (χ0n) is 13.0. The Hall–Kier alpha value is -2.04. The second kappa shape index (κ2) is 7.11. The van der Waals surface area contributed by atoms with E-state index in [1.54, 1.807) is 6.92 Å². The number of hydrogen-bond acceptors (Lipinski definition) is 3. The van der Waals surface area contributed by atoms with Crippen molar-refractivity contribution in [1.82, 2.24) is 0 Å². The molecule has 0 heterocycles. The van der Waals surface area contributed by atoms with Crippen molar-refractivity contribution in [1.29, 1.82) is 0 Å². The third-order valence-electron chi connectivity index (χ3n) is 3.46. The lowest BCUT2D eigenvalue weighted by atomic mass is 10.0. The molecule has 1 aromatic carbocycles. The molecule has 1 atom stereocenters. The van der Waals surface area contributed by atoms with Gasteiger partial charge in [-0.05, 0) is 31.9 Å². The fraction of sp³-hybridized carbons (Fsp3) is 0.500. The molecule has 0 bridgehead atoms. The minimum absolute atomic E-state index is 0.0148. The number of nitrogens with zero attached hydrogens (tertiary/aromatic N) is 1. The standard InChI is InChI=1S/C16H23NO4/c1-10-7-11(2)15(12(3)8-10)17(6-5-14(18)19)9-13(4)16(20)21/h7-8,13H,5-6,9H2,1-4H3,(H,18,19)(H,20,21). The first-order valence-corrected chi connectivity index (χ1v) is 6.99. The van der Waals surface area contributed by atoms with E-state index >= 15 is 0 Å². The zero-order chi connectivity index (χ0) is 16.2. The molecule has 0 aromatic heterocycles. The van der Waals surface area contributed by atoms with Gasteiger partial charge in [0.2, 0.25) is 0 Å². The molecule has 5 nitrogen and oxygen atoms in total. The summed E-state index contributed by atoms with van der Waals surface area (Å²) >= 11 is 0. The molecule has 0 spiro atoms. The van der Waals surface area contributed by atoms with E-state index in [1.165, 1.54) is 0 Å². The van der Waals surface area contributed by atoms with Crippen LogP contribution < -0.4 is 4.90 Å². The number of hydrogen-bond donors (Lipinski definition) is 2. The number of rotatable bonds is 7. The highest BCUT2D eigenvalue weighted by Gasteiger charge is 2.20. The van der Waals surface area contributed by atoms with E-state index in [2.05, 4.69) is 0 Å². The summed E-state index contributed by atoms with van der Waals surface area (Å²) in [5.74, 6) is -2.32. The van der Waals surface area contributed by atoms with Crippen LogP contribution in [0.5, 0.6) is 0 Å². The lowest BCUT2D eigenvalue weighted by Gasteiger charge is -2.29. The highest BCUT2D eigenvalue weighted by Crippen LogP contribution is 2.27. The van der Waals surface area contributed by atoms with Gasteiger partial charge in [-0.15, -0.1) is 0 Å². The van der Waals surface area contributed by atoms with Crippen LogP contribution in [0.2, 0.25) is 0 Å². The van der Waals surface area contributed by atoms with E-state index in [9.17, 15) is 9.59 Å². The molecule has 0 saturated carbocycles. The molecule has 0 aliphatic rings. The molecule has 1 unspecified atom stereocenters. The fourth-order valence-corrected chi connectivity index (χ4v) is 2.60. The zero-order valence-corrected chi connectivity index (χ0v) is 13.0. The van der Waals surface area contributed by atoms with Crippen molar-refractivity contribution >= 4 is 17.6 Å². The van der Waals surface area contributed by atoms with Gasteiger partial charge in [-0.3, -0.25) is 9.59 Å². The third-order valence-corrected chi connectivity index (χ3v) is 3.46. The molecular formula is C16H23NO4. The first-order valence-electron chi connectivity index (χ1n) is 6.99. The van der Waals surface area contributed by atoms with Crippen LogP contribution in [0, 0.1) is 26.7 Å². The number of aryl methyl sites for hydroxylation is 3. The normalized spacial score (nSPS) is 12.0. The summed E-state index contributed by atoms with van der Waals surface area (Å²) in [4.78, 5) is 23.8. The summed E-state index contributed by atoms with van der Waals surface area (Å²) in [5, 5.41) is 18.0. The van der Waals surface area contributed by atoms with Gasteiger partial charge in [0.1, 0.15) is 0 Å². The predicted molar refractivity (Wildman–Crippen MR) is 81.9 cm³/mol. The van der Waals surface area contributed by atoms with Crippen LogP contribution in [0.15, 0.2) is 12.1 Å². The number of carboxylic acid groups (broad SMARTS) is 2. The highest BCUT2D eigenvalue weighted by atomic mass is 16.4. The van der Waals surface area contributed by atoms with Crippen molar-refractivity contribution in [3.05, 3.63) is 28.8 Å². The molecule has 1 aromatic rings. The number of carbonyl (C=O) groups is 2. The van der Waals surface area contributed by atoms with Gasteiger partial charge in [-0.2, -0.15) is 0 Å². The van der Waals surface area contributed by atoms with Gasteiger partial charge in [0.15, 0.2) is 0 Å². The number of aliphatic carboxylic acids is 2. The summed E-state index contributed by atoms with van der Waals surface area (Å²) in [5.41, 5.74) is 4.15. The van der Waals surface area contributed by atoms with Gasteiger partial charge in [-0.1, -0.05) is 24.6 Å². The quantitative estimate of drug-likeness (QED) is 0.808. The Bertz CT molecular complexity index is 516. The Balaban J connectivity index is 3.10. The summed E-state index contributed by atoms with van der Waals surface area (Å²) in [7, 11) is 0. The molecule has 1 rings (SSSR count). The van der Waals surface area contributed by atoms with Crippen LogP contribution in [-0.2, 0) is 9.59 Å². The lowest BCUT2D eigenvalue weighted by Crippen LogP contribution is -2.34. The molecule has 116 valence electrons. The minimum Gasteiger partial charge on any atom is -0.481 e. The van der Waals surface area contributed by atoms with E-state index in [0.29, 0.717) is 13.1 Å². The molecule has 0 aliphatic heterocycles. The molecule has 0 fully saturated rings. The van der Waals surface area contributed by atoms with Crippen molar-refractivity contribution < 1.29 is 19.8 Å². The summed E-state index contributed by atoms with van der Waals surface area (Å²) < 4.78 is 0. The second-order valence-electron chi connectivity index (χ2n) is 5.58. The first kappa shape index (κ1) is 17.0. The highest BCUT2D eigenvalue weighted by molar-refractivity contribution is 5.72. The minimum atomic E-state index is -0.884. The number of anilines is 1. The molecule has 0 radical (unpaired) electrons. The lowest BCUT2D eigenvalue weighted by molar-refractivity contribution is -0.140. The van der Waals surface area contributed by atoms with Crippen LogP contribution in [0.25, 0.3) is 0 Å². The Kier molecular flexibility index (Phi) is 5.76. The van der Waals surface area contributed by atoms with E-state index in [4.69, 9.17) is 10.2 Å². The molecule has 21 heavy (non-hydrogen) atoms. The van der Waals surface area contributed by atoms with Gasteiger partial charge in [0.05, 0.1) is 12.3 Å². The Morgan fingerprint density at radius 1 is 1.14 bits per heavy atom. The van der Waals surface area contributed by atoms with Gasteiger partial charge < -0.3 is 15.1 Å². The molecular weight excluding hydrogens is 270 g/mol. The fourth-order valence-electron chi connectivity index (χ4n) is 2.60. The van der Waals surface area contributed by atoms with Crippen molar-refractivity contribution in [2.45, 2.75) is 34.1 Å². The number of carboxylic acids is 2. The maximum Gasteiger partial charge on any atom is 0.308 e. The van der Waals surface area contributed by atoms with Crippen LogP contribution in [0.1, 0.15) is 30.0 Å². The SMILES string of the molecule is Cc1cc(C)c(N(CCC(=O)O)CC(C)C(=O)O)c(C)c1. The van der Waals surface area contributed by atoms with Crippen LogP contribution in [0.4, 0.5) is 5.69 Å². The summed E-state index contributed by atoms with van der Waals surface area (Å²) in [6, 6.07) is 4.06. The third kappa shape index (κ3) is 4.77. The molecule has 0 amide bonds. The maximum absolute atomic E-state index is 11.1. The Morgan fingerprint density at radius 2 is 1.67 bits per heavy atom. The topological polar surface area (TPSA) is 77.8 Å². The van der Waals surface area contributed by atoms with Gasteiger partial charge in [0.25, 0.3) is 0 Å². The average molecular weight is 293 g/mol. The second-order valence-corrected chi connectivity index (χ2v) is 5.58. The van der Waals surface area contributed by atoms with Gasteiger partial charge in [-0.25, -0.2) is 0 Å². The van der Waals surface area contributed by atoms with Gasteiger partial charge >= 0.3 is 11.9 Å². The van der Waals surface area contributed by atoms with Crippen molar-refractivity contribution in [2.24, 2.45) is 5.92 Å². The van der Waals surface area contributed by atoms with Crippen molar-refractivity contribution in [3.63, 3.8) is 0 Å². The van der Waals surface area contributed by atoms with E-state index in [0.717, 1.165) is 22.4 Å². The summed E-state index contributed by atoms with van der Waals surface area (Å²) in [6.45, 7) is 8.17. The van der Waals surface area contributed by atoms with Crippen LogP contribution in [0.3, 0.4) is 0 Å². The Labute approximate surface area is 125 Å². The average Bonchev–Trinajstić information content (AvgIpc) is 2.33. The van der Waals surface area contributed by atoms with E-state index < -0.39 is 17.9 Å². The van der Waals surface area contributed by atoms with Gasteiger partial charge in [0, 0.05) is 18.8 Å². The van der Waals surface area contributed by atoms with E-state index in [1.807, 2.05) is 37.8 Å². The summed E-state index contributed by atoms with van der Waals surface area (Å²) in [6.07, 6.45) is -0.0148. The Morgan fingerprint density at radius 3 is 2.10 bits per heavy atom. The monoisotopic (exact) mass is 293 g/mol. The smallest absolute Gasteiger partial charge is 0.308 e.